The van der Waals surface area contributed by atoms with Crippen molar-refractivity contribution in [2.45, 2.75) is 39.8 Å². The summed E-state index contributed by atoms with van der Waals surface area (Å²) in [5.74, 6) is 2.09. The standard InChI is InChI=1S/C14H19N7/c1-4-20-9-17-18-13(20)8-16-14-12-7-11(10(2)3)19-21(12)6-5-15-14/h5-7,9-10H,4,8H2,1-3H3,(H,15,16). The molecule has 0 bridgehead atoms. The van der Waals surface area contributed by atoms with Crippen LogP contribution in [0.5, 0.6) is 0 Å². The Labute approximate surface area is 123 Å². The van der Waals surface area contributed by atoms with Gasteiger partial charge in [-0.05, 0) is 18.9 Å². The van der Waals surface area contributed by atoms with Gasteiger partial charge in [-0.2, -0.15) is 5.10 Å². The quantitative estimate of drug-likeness (QED) is 0.777. The SMILES string of the molecule is CCn1cnnc1CNc1nccn2nc(C(C)C)cc12. The summed E-state index contributed by atoms with van der Waals surface area (Å²) in [6.07, 6.45) is 5.35. The minimum atomic E-state index is 0.390. The van der Waals surface area contributed by atoms with E-state index in [9.17, 15) is 0 Å². The van der Waals surface area contributed by atoms with Crippen LogP contribution in [0, 0.1) is 0 Å². The molecule has 0 aliphatic heterocycles. The molecule has 3 aromatic rings. The van der Waals surface area contributed by atoms with Gasteiger partial charge in [0.1, 0.15) is 11.8 Å². The molecule has 0 amide bonds. The predicted octanol–water partition coefficient (Wildman–Crippen LogP) is 2.08. The van der Waals surface area contributed by atoms with E-state index < -0.39 is 0 Å². The van der Waals surface area contributed by atoms with Gasteiger partial charge in [-0.25, -0.2) is 9.50 Å². The molecule has 0 fully saturated rings. The van der Waals surface area contributed by atoms with Crippen molar-refractivity contribution in [1.29, 1.82) is 0 Å². The van der Waals surface area contributed by atoms with Gasteiger partial charge in [0, 0.05) is 18.9 Å². The molecule has 3 aromatic heterocycles. The van der Waals surface area contributed by atoms with Gasteiger partial charge < -0.3 is 9.88 Å². The van der Waals surface area contributed by atoms with Crippen LogP contribution in [0.4, 0.5) is 5.82 Å². The lowest BCUT2D eigenvalue weighted by Crippen LogP contribution is -2.09. The summed E-state index contributed by atoms with van der Waals surface area (Å²) in [5.41, 5.74) is 2.03. The van der Waals surface area contributed by atoms with Crippen LogP contribution in [-0.4, -0.2) is 29.4 Å². The third kappa shape index (κ3) is 2.58. The molecule has 0 spiro atoms. The summed E-state index contributed by atoms with van der Waals surface area (Å²) in [5, 5.41) is 15.9. The van der Waals surface area contributed by atoms with E-state index in [1.165, 1.54) is 0 Å². The second-order valence-electron chi connectivity index (χ2n) is 5.22. The number of aromatic nitrogens is 6. The van der Waals surface area contributed by atoms with Gasteiger partial charge >= 0.3 is 0 Å². The molecule has 21 heavy (non-hydrogen) atoms. The van der Waals surface area contributed by atoms with Crippen LogP contribution in [0.2, 0.25) is 0 Å². The zero-order chi connectivity index (χ0) is 14.8. The molecular weight excluding hydrogens is 266 g/mol. The Morgan fingerprint density at radius 1 is 1.33 bits per heavy atom. The largest absolute Gasteiger partial charge is 0.361 e. The number of hydrogen-bond donors (Lipinski definition) is 1. The van der Waals surface area contributed by atoms with E-state index >= 15 is 0 Å². The zero-order valence-corrected chi connectivity index (χ0v) is 12.5. The fraction of sp³-hybridized carbons (Fsp3) is 0.429. The van der Waals surface area contributed by atoms with E-state index in [4.69, 9.17) is 0 Å². The summed E-state index contributed by atoms with van der Waals surface area (Å²) in [6.45, 7) is 7.77. The first kappa shape index (κ1) is 13.5. The molecule has 3 rings (SSSR count). The molecule has 0 atom stereocenters. The monoisotopic (exact) mass is 285 g/mol. The summed E-state index contributed by atoms with van der Waals surface area (Å²) in [6, 6.07) is 2.07. The molecule has 0 aromatic carbocycles. The van der Waals surface area contributed by atoms with Crippen molar-refractivity contribution < 1.29 is 0 Å². The Morgan fingerprint density at radius 3 is 2.95 bits per heavy atom. The molecule has 7 heteroatoms. The van der Waals surface area contributed by atoms with Gasteiger partial charge in [-0.15, -0.1) is 10.2 Å². The Morgan fingerprint density at radius 2 is 2.19 bits per heavy atom. The van der Waals surface area contributed by atoms with Crippen LogP contribution in [0.25, 0.3) is 5.52 Å². The molecule has 0 aliphatic rings. The molecule has 110 valence electrons. The van der Waals surface area contributed by atoms with Gasteiger partial charge in [0.05, 0.1) is 12.2 Å². The predicted molar refractivity (Wildman–Crippen MR) is 80.1 cm³/mol. The lowest BCUT2D eigenvalue weighted by molar-refractivity contribution is 0.707. The van der Waals surface area contributed by atoms with Crippen molar-refractivity contribution in [2.24, 2.45) is 0 Å². The van der Waals surface area contributed by atoms with Gasteiger partial charge in [0.2, 0.25) is 0 Å². The van der Waals surface area contributed by atoms with Crippen LogP contribution in [0.3, 0.4) is 0 Å². The summed E-state index contributed by atoms with van der Waals surface area (Å²) in [7, 11) is 0. The van der Waals surface area contributed by atoms with Crippen molar-refractivity contribution in [3.63, 3.8) is 0 Å². The molecule has 0 unspecified atom stereocenters. The van der Waals surface area contributed by atoms with E-state index in [0.29, 0.717) is 12.5 Å². The second kappa shape index (κ2) is 5.51. The lowest BCUT2D eigenvalue weighted by Gasteiger charge is -2.07. The van der Waals surface area contributed by atoms with Gasteiger partial charge in [0.25, 0.3) is 0 Å². The highest BCUT2D eigenvalue weighted by Crippen LogP contribution is 2.20. The summed E-state index contributed by atoms with van der Waals surface area (Å²) in [4.78, 5) is 4.41. The van der Waals surface area contributed by atoms with E-state index in [1.54, 1.807) is 12.5 Å². The van der Waals surface area contributed by atoms with Gasteiger partial charge in [0.15, 0.2) is 11.6 Å². The molecule has 0 saturated carbocycles. The Bertz CT molecular complexity index is 741. The average molecular weight is 285 g/mol. The smallest absolute Gasteiger partial charge is 0.152 e. The topological polar surface area (TPSA) is 72.9 Å². The fourth-order valence-electron chi connectivity index (χ4n) is 2.20. The Hall–Kier alpha value is -2.44. The van der Waals surface area contributed by atoms with E-state index in [1.807, 2.05) is 15.3 Å². The van der Waals surface area contributed by atoms with Crippen molar-refractivity contribution in [2.75, 3.05) is 5.32 Å². The average Bonchev–Trinajstić information content (AvgIpc) is 3.11. The highest BCUT2D eigenvalue weighted by atomic mass is 15.3. The van der Waals surface area contributed by atoms with E-state index in [-0.39, 0.29) is 0 Å². The first-order valence-electron chi connectivity index (χ1n) is 7.14. The first-order chi connectivity index (χ1) is 10.2. The van der Waals surface area contributed by atoms with E-state index in [0.717, 1.165) is 29.4 Å². The third-order valence-electron chi connectivity index (χ3n) is 3.45. The minimum absolute atomic E-state index is 0.390. The number of aryl methyl sites for hydroxylation is 1. The third-order valence-corrected chi connectivity index (χ3v) is 3.45. The second-order valence-corrected chi connectivity index (χ2v) is 5.22. The Kier molecular flexibility index (Phi) is 3.55. The minimum Gasteiger partial charge on any atom is -0.361 e. The summed E-state index contributed by atoms with van der Waals surface area (Å²) >= 11 is 0. The zero-order valence-electron chi connectivity index (χ0n) is 12.5. The summed E-state index contributed by atoms with van der Waals surface area (Å²) < 4.78 is 3.86. The number of anilines is 1. The van der Waals surface area contributed by atoms with Gasteiger partial charge in [-0.3, -0.25) is 0 Å². The van der Waals surface area contributed by atoms with Crippen LogP contribution in [0.15, 0.2) is 24.8 Å². The number of rotatable bonds is 5. The van der Waals surface area contributed by atoms with Crippen molar-refractivity contribution >= 4 is 11.3 Å². The van der Waals surface area contributed by atoms with Crippen molar-refractivity contribution in [3.8, 4) is 0 Å². The fourth-order valence-corrected chi connectivity index (χ4v) is 2.20. The molecule has 1 N–H and O–H groups in total. The lowest BCUT2D eigenvalue weighted by atomic mass is 10.1. The number of hydrogen-bond acceptors (Lipinski definition) is 5. The van der Waals surface area contributed by atoms with Gasteiger partial charge in [-0.1, -0.05) is 13.8 Å². The van der Waals surface area contributed by atoms with Crippen molar-refractivity contribution in [3.05, 3.63) is 36.3 Å². The Balaban J connectivity index is 1.87. The molecule has 7 nitrogen and oxygen atoms in total. The number of nitrogens with zero attached hydrogens (tertiary/aromatic N) is 6. The molecule has 0 saturated heterocycles. The normalized spacial score (nSPS) is 11.4. The van der Waals surface area contributed by atoms with Crippen LogP contribution in [0.1, 0.15) is 38.2 Å². The molecule has 3 heterocycles. The van der Waals surface area contributed by atoms with Crippen LogP contribution in [-0.2, 0) is 13.1 Å². The van der Waals surface area contributed by atoms with Crippen LogP contribution >= 0.6 is 0 Å². The molecule has 0 radical (unpaired) electrons. The number of fused-ring (bicyclic) bond motifs is 1. The highest BCUT2D eigenvalue weighted by molar-refractivity contribution is 5.67. The van der Waals surface area contributed by atoms with E-state index in [2.05, 4.69) is 52.4 Å². The highest BCUT2D eigenvalue weighted by Gasteiger charge is 2.10. The van der Waals surface area contributed by atoms with Crippen molar-refractivity contribution in [1.82, 2.24) is 29.4 Å². The first-order valence-corrected chi connectivity index (χ1v) is 7.14. The van der Waals surface area contributed by atoms with Crippen LogP contribution < -0.4 is 5.32 Å². The maximum atomic E-state index is 4.56. The molecular formula is C14H19N7. The molecule has 0 aliphatic carbocycles. The number of nitrogens with one attached hydrogen (secondary N) is 1. The maximum Gasteiger partial charge on any atom is 0.152 e. The maximum absolute atomic E-state index is 4.56.